The van der Waals surface area contributed by atoms with Crippen LogP contribution < -0.4 is 4.74 Å². The highest BCUT2D eigenvalue weighted by molar-refractivity contribution is 5.89. The summed E-state index contributed by atoms with van der Waals surface area (Å²) in [6, 6.07) is 7.77. The molecular weight excluding hydrogens is 266 g/mol. The van der Waals surface area contributed by atoms with Gasteiger partial charge >= 0.3 is 5.97 Å². The van der Waals surface area contributed by atoms with E-state index in [-0.39, 0.29) is 5.97 Å². The third-order valence-electron chi connectivity index (χ3n) is 4.14. The van der Waals surface area contributed by atoms with E-state index in [2.05, 4.69) is 23.5 Å². The van der Waals surface area contributed by atoms with Crippen molar-refractivity contribution in [1.82, 2.24) is 4.90 Å². The van der Waals surface area contributed by atoms with Crippen LogP contribution in [0.1, 0.15) is 37.0 Å². The second-order valence-corrected chi connectivity index (χ2v) is 5.90. The van der Waals surface area contributed by atoms with Gasteiger partial charge in [0.05, 0.1) is 19.3 Å². The summed E-state index contributed by atoms with van der Waals surface area (Å²) in [7, 11) is 1.39. The van der Waals surface area contributed by atoms with E-state index >= 15 is 0 Å². The number of benzene rings is 1. The van der Waals surface area contributed by atoms with Gasteiger partial charge in [0, 0.05) is 6.04 Å². The minimum Gasteiger partial charge on any atom is -0.493 e. The Kier molecular flexibility index (Phi) is 5.62. The predicted octanol–water partition coefficient (Wildman–Crippen LogP) is 2.97. The average molecular weight is 291 g/mol. The molecule has 0 unspecified atom stereocenters. The third kappa shape index (κ3) is 4.46. The highest BCUT2D eigenvalue weighted by Crippen LogP contribution is 2.21. The summed E-state index contributed by atoms with van der Waals surface area (Å²) in [6.45, 7) is 7.57. The minimum absolute atomic E-state index is 0.317. The molecule has 0 amide bonds. The van der Waals surface area contributed by atoms with E-state index in [0.717, 1.165) is 25.4 Å². The number of methoxy groups -OCH3 is 1. The SMILES string of the molecule is COC(=O)c1ccc(OCC2CCN(C(C)C)CC2)cc1. The molecule has 21 heavy (non-hydrogen) atoms. The fraction of sp³-hybridized carbons (Fsp3) is 0.588. The van der Waals surface area contributed by atoms with E-state index in [9.17, 15) is 4.79 Å². The second kappa shape index (κ2) is 7.46. The first-order chi connectivity index (χ1) is 10.1. The van der Waals surface area contributed by atoms with Gasteiger partial charge in [-0.2, -0.15) is 0 Å². The first-order valence-electron chi connectivity index (χ1n) is 7.65. The Bertz CT molecular complexity index is 448. The van der Waals surface area contributed by atoms with Gasteiger partial charge in [0.1, 0.15) is 5.75 Å². The van der Waals surface area contributed by atoms with Crippen LogP contribution in [0, 0.1) is 5.92 Å². The van der Waals surface area contributed by atoms with Crippen LogP contribution in [0.25, 0.3) is 0 Å². The largest absolute Gasteiger partial charge is 0.493 e. The van der Waals surface area contributed by atoms with Crippen LogP contribution in [0.3, 0.4) is 0 Å². The van der Waals surface area contributed by atoms with Gasteiger partial charge in [0.15, 0.2) is 0 Å². The Morgan fingerprint density at radius 2 is 1.86 bits per heavy atom. The predicted molar refractivity (Wildman–Crippen MR) is 82.7 cm³/mol. The van der Waals surface area contributed by atoms with Crippen LogP contribution >= 0.6 is 0 Å². The molecule has 0 atom stereocenters. The first-order valence-corrected chi connectivity index (χ1v) is 7.65. The highest BCUT2D eigenvalue weighted by Gasteiger charge is 2.21. The van der Waals surface area contributed by atoms with Crippen molar-refractivity contribution in [3.05, 3.63) is 29.8 Å². The maximum absolute atomic E-state index is 11.3. The molecular formula is C17H25NO3. The van der Waals surface area contributed by atoms with Crippen molar-refractivity contribution >= 4 is 5.97 Å². The molecule has 0 spiro atoms. The van der Waals surface area contributed by atoms with Gasteiger partial charge in [-0.1, -0.05) is 0 Å². The Morgan fingerprint density at radius 3 is 2.38 bits per heavy atom. The molecule has 0 saturated carbocycles. The standard InChI is InChI=1S/C17H25NO3/c1-13(2)18-10-8-14(9-11-18)12-21-16-6-4-15(5-7-16)17(19)20-3/h4-7,13-14H,8-12H2,1-3H3. The normalized spacial score (nSPS) is 17.0. The zero-order valence-electron chi connectivity index (χ0n) is 13.2. The third-order valence-corrected chi connectivity index (χ3v) is 4.14. The fourth-order valence-corrected chi connectivity index (χ4v) is 2.66. The molecule has 0 aliphatic carbocycles. The molecule has 1 heterocycles. The lowest BCUT2D eigenvalue weighted by Crippen LogP contribution is -2.39. The van der Waals surface area contributed by atoms with Crippen molar-refractivity contribution in [2.75, 3.05) is 26.8 Å². The maximum Gasteiger partial charge on any atom is 0.337 e. The van der Waals surface area contributed by atoms with Crippen molar-refractivity contribution < 1.29 is 14.3 Å². The first kappa shape index (κ1) is 15.8. The average Bonchev–Trinajstić information content (AvgIpc) is 2.53. The van der Waals surface area contributed by atoms with Gasteiger partial charge in [-0.15, -0.1) is 0 Å². The van der Waals surface area contributed by atoms with E-state index in [1.807, 2.05) is 12.1 Å². The molecule has 1 saturated heterocycles. The number of likely N-dealkylation sites (tertiary alicyclic amines) is 1. The van der Waals surface area contributed by atoms with Crippen molar-refractivity contribution in [3.63, 3.8) is 0 Å². The van der Waals surface area contributed by atoms with E-state index < -0.39 is 0 Å². The summed E-state index contributed by atoms with van der Waals surface area (Å²) in [5, 5.41) is 0. The zero-order chi connectivity index (χ0) is 15.2. The van der Waals surface area contributed by atoms with Gasteiger partial charge in [-0.25, -0.2) is 4.79 Å². The molecule has 2 rings (SSSR count). The maximum atomic E-state index is 11.3. The lowest BCUT2D eigenvalue weighted by molar-refractivity contribution is 0.0600. The molecule has 0 N–H and O–H groups in total. The van der Waals surface area contributed by atoms with Crippen molar-refractivity contribution in [2.24, 2.45) is 5.92 Å². The molecule has 0 radical (unpaired) electrons. The Balaban J connectivity index is 1.77. The molecule has 0 bridgehead atoms. The number of rotatable bonds is 5. The van der Waals surface area contributed by atoms with Gasteiger partial charge < -0.3 is 14.4 Å². The zero-order valence-corrected chi connectivity index (χ0v) is 13.2. The van der Waals surface area contributed by atoms with Crippen LogP contribution in [-0.2, 0) is 4.74 Å². The number of hydrogen-bond donors (Lipinski definition) is 0. The lowest BCUT2D eigenvalue weighted by Gasteiger charge is -2.34. The Hall–Kier alpha value is -1.55. The van der Waals surface area contributed by atoms with Gasteiger partial charge in [0.2, 0.25) is 0 Å². The summed E-state index contributed by atoms with van der Waals surface area (Å²) in [5.41, 5.74) is 0.551. The van der Waals surface area contributed by atoms with E-state index in [4.69, 9.17) is 4.74 Å². The number of esters is 1. The van der Waals surface area contributed by atoms with Crippen LogP contribution in [-0.4, -0.2) is 43.7 Å². The molecule has 0 aromatic heterocycles. The summed E-state index contributed by atoms with van der Waals surface area (Å²) in [6.07, 6.45) is 2.39. The smallest absolute Gasteiger partial charge is 0.337 e. The molecule has 1 fully saturated rings. The Morgan fingerprint density at radius 1 is 1.24 bits per heavy atom. The summed E-state index contributed by atoms with van der Waals surface area (Å²) >= 11 is 0. The van der Waals surface area contributed by atoms with Crippen LogP contribution in [0.2, 0.25) is 0 Å². The fourth-order valence-electron chi connectivity index (χ4n) is 2.66. The number of carbonyl (C=O) groups excluding carboxylic acids is 1. The quantitative estimate of drug-likeness (QED) is 0.782. The molecule has 4 nitrogen and oxygen atoms in total. The molecule has 116 valence electrons. The monoisotopic (exact) mass is 291 g/mol. The van der Waals surface area contributed by atoms with Crippen LogP contribution in [0.5, 0.6) is 5.75 Å². The van der Waals surface area contributed by atoms with Gasteiger partial charge in [-0.05, 0) is 70.0 Å². The van der Waals surface area contributed by atoms with E-state index in [1.165, 1.54) is 20.0 Å². The van der Waals surface area contributed by atoms with Gasteiger partial charge in [-0.3, -0.25) is 0 Å². The molecule has 1 aromatic carbocycles. The van der Waals surface area contributed by atoms with Crippen molar-refractivity contribution in [2.45, 2.75) is 32.7 Å². The molecule has 1 aliphatic rings. The summed E-state index contributed by atoms with van der Waals surface area (Å²) in [5.74, 6) is 1.12. The molecule has 1 aliphatic heterocycles. The van der Waals surface area contributed by atoms with Crippen LogP contribution in [0.15, 0.2) is 24.3 Å². The number of piperidine rings is 1. The van der Waals surface area contributed by atoms with Crippen molar-refractivity contribution in [3.8, 4) is 5.75 Å². The van der Waals surface area contributed by atoms with Crippen LogP contribution in [0.4, 0.5) is 0 Å². The Labute approximate surface area is 127 Å². The molecule has 4 heteroatoms. The lowest BCUT2D eigenvalue weighted by atomic mass is 9.97. The van der Waals surface area contributed by atoms with E-state index in [0.29, 0.717) is 17.5 Å². The minimum atomic E-state index is -0.317. The molecule has 1 aromatic rings. The number of ether oxygens (including phenoxy) is 2. The number of nitrogens with zero attached hydrogens (tertiary/aromatic N) is 1. The van der Waals surface area contributed by atoms with Gasteiger partial charge in [0.25, 0.3) is 0 Å². The second-order valence-electron chi connectivity index (χ2n) is 5.90. The van der Waals surface area contributed by atoms with E-state index in [1.54, 1.807) is 12.1 Å². The summed E-state index contributed by atoms with van der Waals surface area (Å²) in [4.78, 5) is 13.9. The number of hydrogen-bond acceptors (Lipinski definition) is 4. The summed E-state index contributed by atoms with van der Waals surface area (Å²) < 4.78 is 10.5. The highest BCUT2D eigenvalue weighted by atomic mass is 16.5. The number of carbonyl (C=O) groups is 1. The topological polar surface area (TPSA) is 38.8 Å². The van der Waals surface area contributed by atoms with Crippen molar-refractivity contribution in [1.29, 1.82) is 0 Å².